The molecule has 0 fully saturated rings. The molecule has 16 aromatic carbocycles. The van der Waals surface area contributed by atoms with Gasteiger partial charge in [0.1, 0.15) is 0 Å². The molecule has 4 nitrogen and oxygen atoms in total. The first kappa shape index (κ1) is 55.6. The quantitative estimate of drug-likeness (QED) is 0.156. The van der Waals surface area contributed by atoms with Crippen LogP contribution in [0.2, 0.25) is 0 Å². The van der Waals surface area contributed by atoms with E-state index in [0.717, 1.165) is 78.2 Å². The van der Waals surface area contributed by atoms with Crippen molar-refractivity contribution in [2.75, 3.05) is 0 Å². The minimum absolute atomic E-state index is 0.0913. The third-order valence-electron chi connectivity index (χ3n) is 20.0. The Kier molecular flexibility index (Phi) is 12.8. The van der Waals surface area contributed by atoms with Crippen molar-refractivity contribution in [3.63, 3.8) is 0 Å². The summed E-state index contributed by atoms with van der Waals surface area (Å²) in [6, 6.07) is 113. The molecule has 0 saturated heterocycles. The molecule has 96 heavy (non-hydrogen) atoms. The molecule has 0 spiro atoms. The number of rotatable bonds is 6. The zero-order valence-electron chi connectivity index (χ0n) is 52.7. The molecule has 3 heterocycles. The van der Waals surface area contributed by atoms with Gasteiger partial charge in [0, 0.05) is 64.0 Å². The lowest BCUT2D eigenvalue weighted by atomic mass is 9.78. The maximum atomic E-state index is 5.11. The Morgan fingerprint density at radius 2 is 0.677 bits per heavy atom. The Morgan fingerprint density at radius 3 is 1.23 bits per heavy atom. The van der Waals surface area contributed by atoms with E-state index in [2.05, 4.69) is 281 Å². The molecule has 0 atom stereocenters. The van der Waals surface area contributed by atoms with Crippen molar-refractivity contribution in [1.29, 1.82) is 0 Å². The van der Waals surface area contributed by atoms with Crippen LogP contribution >= 0.6 is 11.3 Å². The van der Waals surface area contributed by atoms with E-state index in [-0.39, 0.29) is 5.41 Å². The first-order valence-electron chi connectivity index (χ1n) is 32.9. The van der Waals surface area contributed by atoms with Crippen LogP contribution in [0.4, 0.5) is 0 Å². The van der Waals surface area contributed by atoms with E-state index >= 15 is 0 Å². The highest BCUT2D eigenvalue weighted by Gasteiger charge is 2.38. The van der Waals surface area contributed by atoms with Crippen LogP contribution in [-0.4, -0.2) is 19.9 Å². The molecule has 0 saturated carbocycles. The van der Waals surface area contributed by atoms with Crippen molar-refractivity contribution >= 4 is 118 Å². The smallest absolute Gasteiger partial charge is 0.160 e. The summed E-state index contributed by atoms with van der Waals surface area (Å²) in [6.45, 7) is 4.77. The van der Waals surface area contributed by atoms with Gasteiger partial charge in [0.2, 0.25) is 0 Å². The van der Waals surface area contributed by atoms with Gasteiger partial charge in [0.05, 0.1) is 22.4 Å². The number of thiophene rings is 1. The van der Waals surface area contributed by atoms with E-state index < -0.39 is 0 Å². The number of hydrogen-bond acceptors (Lipinski definition) is 5. The minimum atomic E-state index is -0.0913. The maximum Gasteiger partial charge on any atom is 0.160 e. The average Bonchev–Trinajstić information content (AvgIpc) is 1.51. The van der Waals surface area contributed by atoms with Crippen LogP contribution in [0.5, 0.6) is 0 Å². The highest BCUT2D eigenvalue weighted by atomic mass is 32.1. The molecular formula is C91H58N4S. The van der Waals surface area contributed by atoms with Crippen LogP contribution in [0.15, 0.2) is 315 Å². The largest absolute Gasteiger partial charge is 0.228 e. The molecular weight excluding hydrogens is 1180 g/mol. The van der Waals surface area contributed by atoms with Gasteiger partial charge in [-0.25, -0.2) is 19.9 Å². The van der Waals surface area contributed by atoms with Crippen molar-refractivity contribution in [2.24, 2.45) is 0 Å². The van der Waals surface area contributed by atoms with Crippen molar-refractivity contribution in [3.8, 4) is 78.7 Å². The highest BCUT2D eigenvalue weighted by molar-refractivity contribution is 7.27. The Hall–Kier alpha value is -12.0. The normalized spacial score (nSPS) is 12.6. The average molecular weight is 1240 g/mol. The van der Waals surface area contributed by atoms with Crippen LogP contribution in [0.3, 0.4) is 0 Å². The van der Waals surface area contributed by atoms with Crippen molar-refractivity contribution in [3.05, 3.63) is 327 Å². The molecule has 0 N–H and O–H groups in total. The SMILES string of the molecule is CC1(C)c2ccccc2-c2c1c1ccc3cc(-c4ccc5c(-c6ccccc6)nc(-c6ccccc6)nc5c4)ccc3c1c1ccccc21.c1ccc(-c2nc(-c3ccccc3)c3ccc(-c4ccc5c(ccc6c5c5ccccc5c5sc7ccccc7c65)c4)cc3n2)cc1. The molecule has 20 rings (SSSR count). The summed E-state index contributed by atoms with van der Waals surface area (Å²) in [4.78, 5) is 20.3. The molecule has 0 bridgehead atoms. The summed E-state index contributed by atoms with van der Waals surface area (Å²) in [7, 11) is 0. The lowest BCUT2D eigenvalue weighted by Gasteiger charge is -2.24. The zero-order valence-corrected chi connectivity index (χ0v) is 53.5. The van der Waals surface area contributed by atoms with Crippen molar-refractivity contribution in [2.45, 2.75) is 19.3 Å². The standard InChI is InChI=1S/C47H32N2.C44H26N2S/c1-47(2)40-20-12-11-19-37(40)43-36-18-10-9-17-35(36)42-34-24-21-31(27-33(34)23-26-39(42)44(43)47)32-22-25-38-41(28-32)48-46(30-15-7-4-8-16-30)49-45(38)29-13-5-3-6-14-29;1-3-11-27(12-4-1)42-35-23-20-30(26-38(35)45-44(46-42)28-13-5-2-6-14-28)29-19-22-32-31(25-29)21-24-37-40(32)33-15-7-8-16-34(33)43-41(37)36-17-9-10-18-39(36)47-43/h3-28H,1-2H3;1-26H. The molecule has 0 aliphatic heterocycles. The van der Waals surface area contributed by atoms with E-state index in [1.54, 1.807) is 0 Å². The summed E-state index contributed by atoms with van der Waals surface area (Å²) >= 11 is 1.90. The number of fused-ring (bicyclic) bond motifs is 22. The van der Waals surface area contributed by atoms with Gasteiger partial charge in [-0.1, -0.05) is 287 Å². The second-order valence-corrected chi connectivity index (χ2v) is 26.9. The van der Waals surface area contributed by atoms with Gasteiger partial charge in [-0.3, -0.25) is 0 Å². The van der Waals surface area contributed by atoms with E-state index in [4.69, 9.17) is 19.9 Å². The third kappa shape index (κ3) is 8.89. The predicted molar refractivity (Wildman–Crippen MR) is 407 cm³/mol. The molecule has 448 valence electrons. The molecule has 0 amide bonds. The number of nitrogens with zero attached hydrogens (tertiary/aromatic N) is 4. The maximum absolute atomic E-state index is 5.11. The lowest BCUT2D eigenvalue weighted by molar-refractivity contribution is 0.666. The monoisotopic (exact) mass is 1240 g/mol. The fourth-order valence-corrected chi connectivity index (χ4v) is 16.9. The summed E-state index contributed by atoms with van der Waals surface area (Å²) in [5.74, 6) is 1.47. The summed E-state index contributed by atoms with van der Waals surface area (Å²) in [5.41, 5.74) is 18.1. The van der Waals surface area contributed by atoms with Gasteiger partial charge in [-0.2, -0.15) is 0 Å². The molecule has 3 aromatic heterocycles. The first-order valence-corrected chi connectivity index (χ1v) is 33.7. The van der Waals surface area contributed by atoms with E-state index in [1.165, 1.54) is 118 Å². The molecule has 1 aliphatic rings. The summed E-state index contributed by atoms with van der Waals surface area (Å²) in [5, 5.41) is 20.4. The summed E-state index contributed by atoms with van der Waals surface area (Å²) < 4.78 is 2.70. The molecule has 0 unspecified atom stereocenters. The zero-order chi connectivity index (χ0) is 63.6. The van der Waals surface area contributed by atoms with Gasteiger partial charge in [-0.15, -0.1) is 11.3 Å². The topological polar surface area (TPSA) is 51.6 Å². The fourth-order valence-electron chi connectivity index (χ4n) is 15.6. The highest BCUT2D eigenvalue weighted by Crippen LogP contribution is 2.56. The molecule has 19 aromatic rings. The Balaban J connectivity index is 0.000000135. The third-order valence-corrected chi connectivity index (χ3v) is 21.2. The second kappa shape index (κ2) is 22.1. The minimum Gasteiger partial charge on any atom is -0.228 e. The Morgan fingerprint density at radius 1 is 0.271 bits per heavy atom. The lowest BCUT2D eigenvalue weighted by Crippen LogP contribution is -2.15. The van der Waals surface area contributed by atoms with Crippen LogP contribution in [-0.2, 0) is 5.41 Å². The Bertz CT molecular complexity index is 6400. The molecule has 0 radical (unpaired) electrons. The number of aromatic nitrogens is 4. The second-order valence-electron chi connectivity index (χ2n) is 25.9. The fraction of sp³-hybridized carbons (Fsp3) is 0.0330. The van der Waals surface area contributed by atoms with Crippen LogP contribution < -0.4 is 0 Å². The first-order chi connectivity index (χ1) is 47.4. The number of hydrogen-bond donors (Lipinski definition) is 0. The van der Waals surface area contributed by atoms with Gasteiger partial charge in [0.15, 0.2) is 11.6 Å². The van der Waals surface area contributed by atoms with Gasteiger partial charge < -0.3 is 0 Å². The summed E-state index contributed by atoms with van der Waals surface area (Å²) in [6.07, 6.45) is 0. The van der Waals surface area contributed by atoms with Gasteiger partial charge >= 0.3 is 0 Å². The van der Waals surface area contributed by atoms with Crippen LogP contribution in [0.1, 0.15) is 25.0 Å². The van der Waals surface area contributed by atoms with Gasteiger partial charge in [0.25, 0.3) is 0 Å². The van der Waals surface area contributed by atoms with Crippen molar-refractivity contribution < 1.29 is 0 Å². The predicted octanol–water partition coefficient (Wildman–Crippen LogP) is 24.9. The van der Waals surface area contributed by atoms with Gasteiger partial charge in [-0.05, 0) is 146 Å². The van der Waals surface area contributed by atoms with E-state index in [1.807, 2.05) is 59.9 Å². The molecule has 5 heteroatoms. The van der Waals surface area contributed by atoms with Crippen LogP contribution in [0, 0.1) is 0 Å². The number of benzene rings is 16. The van der Waals surface area contributed by atoms with Crippen molar-refractivity contribution in [1.82, 2.24) is 19.9 Å². The van der Waals surface area contributed by atoms with E-state index in [9.17, 15) is 0 Å². The van der Waals surface area contributed by atoms with E-state index in [0.29, 0.717) is 0 Å². The Labute approximate surface area is 558 Å². The van der Waals surface area contributed by atoms with Crippen LogP contribution in [0.25, 0.3) is 185 Å². The molecule has 1 aliphatic carbocycles.